The summed E-state index contributed by atoms with van der Waals surface area (Å²) in [6.07, 6.45) is 52.5. The second-order valence-corrected chi connectivity index (χ2v) is 22.5. The average molecular weight is 1050 g/mol. The molecule has 74 heavy (non-hydrogen) atoms. The van der Waals surface area contributed by atoms with Crippen molar-refractivity contribution in [3.8, 4) is 0 Å². The van der Waals surface area contributed by atoms with Crippen molar-refractivity contribution in [2.24, 2.45) is 0 Å². The van der Waals surface area contributed by atoms with Gasteiger partial charge in [-0.05, 0) is 64.2 Å². The van der Waals surface area contributed by atoms with E-state index in [4.69, 9.17) is 9.47 Å². The fraction of sp³-hybridized carbons (Fsp3) is 0.921. The number of rotatable bonds is 55. The zero-order valence-corrected chi connectivity index (χ0v) is 48.1. The number of hydrogen-bond donors (Lipinski definition) is 8. The van der Waals surface area contributed by atoms with Gasteiger partial charge in [-0.25, -0.2) is 0 Å². The molecule has 11 nitrogen and oxygen atoms in total. The highest BCUT2D eigenvalue weighted by molar-refractivity contribution is 5.80. The number of nitrogens with one attached hydrogen (secondary N) is 1. The Bertz CT molecular complexity index is 1250. The lowest BCUT2D eigenvalue weighted by Crippen LogP contribution is -2.60. The van der Waals surface area contributed by atoms with Crippen LogP contribution >= 0.6 is 0 Å². The third-order valence-corrected chi connectivity index (χ3v) is 15.5. The van der Waals surface area contributed by atoms with Crippen LogP contribution in [0.3, 0.4) is 0 Å². The van der Waals surface area contributed by atoms with E-state index >= 15 is 0 Å². The average Bonchev–Trinajstić information content (AvgIpc) is 3.40. The molecule has 0 aromatic heterocycles. The standard InChI is InChI=1S/C63H121NO10/c1-3-5-7-9-11-13-15-17-19-21-23-24-25-26-27-28-29-30-31-32-33-35-37-39-41-43-45-47-49-51-56(67)62(72)64-54(53-73-63-61(71)60(70)59(69)57(52-65)74-63)58(68)55(66)50-48-46-44-42-40-38-36-34-22-20-18-16-14-12-10-8-6-4-2/h26-27,42,44,54-61,63,65-71H,3-25,28-41,43,45-53H2,1-2H3,(H,64,72)/b27-26-,44-42+. The predicted octanol–water partition coefficient (Wildman–Crippen LogP) is 14.1. The maximum atomic E-state index is 13.2. The smallest absolute Gasteiger partial charge is 0.249 e. The van der Waals surface area contributed by atoms with Crippen molar-refractivity contribution in [1.29, 1.82) is 0 Å². The number of hydrogen-bond acceptors (Lipinski definition) is 10. The van der Waals surface area contributed by atoms with Crippen LogP contribution in [0.2, 0.25) is 0 Å². The molecule has 8 N–H and O–H groups in total. The zero-order valence-electron chi connectivity index (χ0n) is 48.1. The molecule has 11 heteroatoms. The molecular weight excluding hydrogens is 931 g/mol. The highest BCUT2D eigenvalue weighted by Crippen LogP contribution is 2.24. The molecule has 0 aromatic carbocycles. The van der Waals surface area contributed by atoms with Crippen molar-refractivity contribution in [2.75, 3.05) is 13.2 Å². The minimum atomic E-state index is -1.67. The summed E-state index contributed by atoms with van der Waals surface area (Å²) in [5.41, 5.74) is 0. The number of amides is 1. The third kappa shape index (κ3) is 39.9. The first-order chi connectivity index (χ1) is 36.2. The molecule has 0 bridgehead atoms. The number of ether oxygens (including phenoxy) is 2. The minimum Gasteiger partial charge on any atom is -0.394 e. The fourth-order valence-corrected chi connectivity index (χ4v) is 10.3. The summed E-state index contributed by atoms with van der Waals surface area (Å²) in [4.78, 5) is 13.2. The van der Waals surface area contributed by atoms with Crippen LogP contribution in [0.25, 0.3) is 0 Å². The summed E-state index contributed by atoms with van der Waals surface area (Å²) < 4.78 is 11.2. The van der Waals surface area contributed by atoms with Crippen molar-refractivity contribution >= 4 is 5.91 Å². The second kappa shape index (κ2) is 52.3. The van der Waals surface area contributed by atoms with E-state index in [0.717, 1.165) is 38.5 Å². The molecule has 0 spiro atoms. The van der Waals surface area contributed by atoms with E-state index in [1.165, 1.54) is 225 Å². The van der Waals surface area contributed by atoms with E-state index in [1.54, 1.807) is 0 Å². The van der Waals surface area contributed by atoms with Gasteiger partial charge >= 0.3 is 0 Å². The normalized spacial score (nSPS) is 19.9. The quantitative estimate of drug-likeness (QED) is 0.0215. The number of allylic oxidation sites excluding steroid dienone is 4. The van der Waals surface area contributed by atoms with Crippen molar-refractivity contribution in [1.82, 2.24) is 5.32 Å². The molecule has 1 aliphatic heterocycles. The lowest BCUT2D eigenvalue weighted by Gasteiger charge is -2.40. The van der Waals surface area contributed by atoms with E-state index < -0.39 is 74.2 Å². The molecule has 438 valence electrons. The lowest BCUT2D eigenvalue weighted by atomic mass is 9.98. The van der Waals surface area contributed by atoms with Crippen molar-refractivity contribution in [2.45, 2.75) is 358 Å². The van der Waals surface area contributed by atoms with Gasteiger partial charge in [0.1, 0.15) is 36.6 Å². The monoisotopic (exact) mass is 1050 g/mol. The molecular formula is C63H121NO10. The van der Waals surface area contributed by atoms with E-state index in [9.17, 15) is 40.5 Å². The first-order valence-electron chi connectivity index (χ1n) is 31.7. The summed E-state index contributed by atoms with van der Waals surface area (Å²) in [6, 6.07) is -1.18. The van der Waals surface area contributed by atoms with Crippen molar-refractivity contribution in [3.63, 3.8) is 0 Å². The molecule has 1 saturated heterocycles. The molecule has 0 saturated carbocycles. The van der Waals surface area contributed by atoms with Crippen LogP contribution in [-0.4, -0.2) is 110 Å². The topological polar surface area (TPSA) is 189 Å². The van der Waals surface area contributed by atoms with Gasteiger partial charge in [0.05, 0.1) is 25.4 Å². The number of aliphatic hydroxyl groups is 7. The summed E-state index contributed by atoms with van der Waals surface area (Å²) in [5, 5.41) is 76.2. The molecule has 0 aliphatic carbocycles. The Morgan fingerprint density at radius 3 is 1.16 bits per heavy atom. The van der Waals surface area contributed by atoms with Crippen LogP contribution < -0.4 is 5.32 Å². The van der Waals surface area contributed by atoms with Gasteiger partial charge in [0.15, 0.2) is 6.29 Å². The van der Waals surface area contributed by atoms with Gasteiger partial charge < -0.3 is 50.5 Å². The van der Waals surface area contributed by atoms with Crippen LogP contribution in [0.5, 0.6) is 0 Å². The van der Waals surface area contributed by atoms with Crippen LogP contribution in [-0.2, 0) is 14.3 Å². The molecule has 1 heterocycles. The van der Waals surface area contributed by atoms with Crippen LogP contribution in [0, 0.1) is 0 Å². The van der Waals surface area contributed by atoms with Crippen LogP contribution in [0.1, 0.15) is 303 Å². The van der Waals surface area contributed by atoms with Gasteiger partial charge in [-0.15, -0.1) is 0 Å². The Morgan fingerprint density at radius 2 is 0.797 bits per heavy atom. The first-order valence-corrected chi connectivity index (χ1v) is 31.7. The van der Waals surface area contributed by atoms with E-state index in [2.05, 4.69) is 43.5 Å². The largest absolute Gasteiger partial charge is 0.394 e. The van der Waals surface area contributed by atoms with Gasteiger partial charge in [-0.3, -0.25) is 4.79 Å². The SMILES string of the molecule is CCCCCCCCCCCCCC/C=C\CCCCCCCCCCCCCCCC(O)C(=O)NC(COC1OC(CO)C(O)C(O)C1O)C(O)C(O)CCC/C=C/CCCCCCCCCCCCCCC. The highest BCUT2D eigenvalue weighted by atomic mass is 16.7. The molecule has 1 fully saturated rings. The lowest BCUT2D eigenvalue weighted by molar-refractivity contribution is -0.303. The highest BCUT2D eigenvalue weighted by Gasteiger charge is 2.44. The van der Waals surface area contributed by atoms with Gasteiger partial charge in [0.25, 0.3) is 0 Å². The number of unbranched alkanes of at least 4 members (excludes halogenated alkanes) is 39. The Labute approximate surface area is 454 Å². The van der Waals surface area contributed by atoms with E-state index in [-0.39, 0.29) is 12.8 Å². The summed E-state index contributed by atoms with van der Waals surface area (Å²) >= 11 is 0. The molecule has 9 atom stereocenters. The molecule has 0 radical (unpaired) electrons. The molecule has 9 unspecified atom stereocenters. The van der Waals surface area contributed by atoms with Crippen molar-refractivity contribution in [3.05, 3.63) is 24.3 Å². The Hall–Kier alpha value is -1.41. The second-order valence-electron chi connectivity index (χ2n) is 22.5. The minimum absolute atomic E-state index is 0.256. The Balaban J connectivity index is 2.24. The Morgan fingerprint density at radius 1 is 0.459 bits per heavy atom. The van der Waals surface area contributed by atoms with Gasteiger partial charge in [0.2, 0.25) is 5.91 Å². The summed E-state index contributed by atoms with van der Waals surface area (Å²) in [5.74, 6) is -0.702. The van der Waals surface area contributed by atoms with Crippen molar-refractivity contribution < 1.29 is 50.0 Å². The van der Waals surface area contributed by atoms with Crippen LogP contribution in [0.15, 0.2) is 24.3 Å². The van der Waals surface area contributed by atoms with Gasteiger partial charge in [-0.1, -0.05) is 263 Å². The summed E-state index contributed by atoms with van der Waals surface area (Å²) in [6.45, 7) is 3.48. The third-order valence-electron chi connectivity index (χ3n) is 15.5. The van der Waals surface area contributed by atoms with E-state index in [1.807, 2.05) is 0 Å². The molecule has 1 aliphatic rings. The van der Waals surface area contributed by atoms with E-state index in [0.29, 0.717) is 12.8 Å². The molecule has 1 amide bonds. The fourth-order valence-electron chi connectivity index (χ4n) is 10.3. The Kier molecular flexibility index (Phi) is 49.9. The zero-order chi connectivity index (χ0) is 54.0. The summed E-state index contributed by atoms with van der Waals surface area (Å²) in [7, 11) is 0. The number of carbonyl (C=O) groups excluding carboxylic acids is 1. The maximum Gasteiger partial charge on any atom is 0.249 e. The number of carbonyl (C=O) groups is 1. The molecule has 1 rings (SSSR count). The predicted molar refractivity (Wildman–Crippen MR) is 307 cm³/mol. The first kappa shape index (κ1) is 70.6. The number of aliphatic hydroxyl groups excluding tert-OH is 7. The maximum absolute atomic E-state index is 13.2. The molecule has 0 aromatic rings. The van der Waals surface area contributed by atoms with Gasteiger partial charge in [-0.2, -0.15) is 0 Å². The van der Waals surface area contributed by atoms with Crippen LogP contribution in [0.4, 0.5) is 0 Å². The van der Waals surface area contributed by atoms with Gasteiger partial charge in [0, 0.05) is 0 Å².